The average Bonchev–Trinajstić information content (AvgIpc) is 3.91. The van der Waals surface area contributed by atoms with Crippen molar-refractivity contribution in [3.05, 3.63) is 41.5 Å². The van der Waals surface area contributed by atoms with Crippen LogP contribution in [0, 0.1) is 46.3 Å². The van der Waals surface area contributed by atoms with Gasteiger partial charge < -0.3 is 83.3 Å². The molecule has 5 heterocycles. The van der Waals surface area contributed by atoms with Crippen LogP contribution in [0.5, 0.6) is 0 Å². The second kappa shape index (κ2) is 20.0. The molecule has 18 nitrogen and oxygen atoms in total. The van der Waals surface area contributed by atoms with Gasteiger partial charge in [0.1, 0.15) is 67.6 Å². The van der Waals surface area contributed by atoms with E-state index in [1.165, 1.54) is 12.5 Å². The van der Waals surface area contributed by atoms with Gasteiger partial charge in [0, 0.05) is 32.1 Å². The fourth-order valence-corrected chi connectivity index (χ4v) is 15.0. The van der Waals surface area contributed by atoms with E-state index >= 15 is 0 Å². The minimum atomic E-state index is -1.74. The summed E-state index contributed by atoms with van der Waals surface area (Å²) in [6, 6.07) is 6.79. The van der Waals surface area contributed by atoms with Crippen molar-refractivity contribution in [2.24, 2.45) is 46.3 Å². The van der Waals surface area contributed by atoms with Crippen molar-refractivity contribution in [2.75, 3.05) is 38.8 Å². The van der Waals surface area contributed by atoms with Crippen molar-refractivity contribution in [1.29, 1.82) is 0 Å². The largest absolute Gasteiger partial charge is 0.459 e. The van der Waals surface area contributed by atoms with Crippen molar-refractivity contribution in [3.8, 4) is 0 Å². The molecule has 25 atom stereocenters. The van der Waals surface area contributed by atoms with Gasteiger partial charge in [-0.3, -0.25) is 0 Å². The highest BCUT2D eigenvalue weighted by Gasteiger charge is 2.69. The Kier molecular flexibility index (Phi) is 14.6. The number of aliphatic hydroxyl groups excluding tert-OH is 7. The van der Waals surface area contributed by atoms with Gasteiger partial charge in [-0.1, -0.05) is 45.4 Å². The molecule has 0 amide bonds. The summed E-state index contributed by atoms with van der Waals surface area (Å²) in [7, 11) is 3.67. The molecule has 7 N–H and O–H groups in total. The predicted octanol–water partition coefficient (Wildman–Crippen LogP) is 2.78. The number of esters is 1. The van der Waals surface area contributed by atoms with Crippen LogP contribution in [0.2, 0.25) is 0 Å². The molecule has 18 heteroatoms. The summed E-state index contributed by atoms with van der Waals surface area (Å²) in [6.45, 7) is 10.8. The maximum Gasteiger partial charge on any atom is 0.338 e. The summed E-state index contributed by atoms with van der Waals surface area (Å²) in [5.74, 6) is 1.86. The van der Waals surface area contributed by atoms with E-state index in [2.05, 4.69) is 33.8 Å². The number of anilines is 1. The molecule has 398 valence electrons. The van der Waals surface area contributed by atoms with Crippen LogP contribution in [0.3, 0.4) is 0 Å². The molecule has 0 aromatic heterocycles. The topological polar surface area (TPSA) is 245 Å². The normalized spacial score (nSPS) is 50.4. The van der Waals surface area contributed by atoms with Gasteiger partial charge in [0.15, 0.2) is 24.7 Å². The Bertz CT molecular complexity index is 2090. The fourth-order valence-electron chi connectivity index (χ4n) is 15.0. The van der Waals surface area contributed by atoms with Crippen LogP contribution < -0.4 is 4.90 Å². The zero-order chi connectivity index (χ0) is 50.5. The molecular weight excluding hydrogens is 923 g/mol. The van der Waals surface area contributed by atoms with Crippen molar-refractivity contribution >= 4 is 11.7 Å². The maximum atomic E-state index is 13.0. The van der Waals surface area contributed by atoms with E-state index in [9.17, 15) is 40.5 Å². The number of ether oxygens (including phenoxy) is 9. The van der Waals surface area contributed by atoms with Crippen LogP contribution >= 0.6 is 0 Å². The molecule has 8 fully saturated rings. The number of aliphatic hydroxyl groups is 7. The van der Waals surface area contributed by atoms with Crippen molar-refractivity contribution in [3.63, 3.8) is 0 Å². The van der Waals surface area contributed by atoms with Crippen molar-refractivity contribution in [2.45, 2.75) is 196 Å². The Balaban J connectivity index is 0.826. The first kappa shape index (κ1) is 52.1. The van der Waals surface area contributed by atoms with Crippen LogP contribution in [-0.2, 0) is 42.6 Å². The van der Waals surface area contributed by atoms with E-state index in [1.54, 1.807) is 18.2 Å². The predicted molar refractivity (Wildman–Crippen MR) is 252 cm³/mol. The summed E-state index contributed by atoms with van der Waals surface area (Å²) in [4.78, 5) is 14.8. The molecule has 0 radical (unpaired) electrons. The third-order valence-corrected chi connectivity index (χ3v) is 19.1. The van der Waals surface area contributed by atoms with Crippen molar-refractivity contribution < 1.29 is 83.2 Å². The number of allylic oxidation sites excluding steroid dienone is 1. The van der Waals surface area contributed by atoms with Gasteiger partial charge >= 0.3 is 5.97 Å². The van der Waals surface area contributed by atoms with Crippen LogP contribution in [-0.4, -0.2) is 180 Å². The lowest BCUT2D eigenvalue weighted by Crippen LogP contribution is -2.65. The highest BCUT2D eigenvalue weighted by molar-refractivity contribution is 5.90. The van der Waals surface area contributed by atoms with E-state index in [4.69, 9.17) is 42.6 Å². The SMILES string of the molecule is C[C@@H]1CC[C@@]2(OC1)OC1CC3C4CC=C5C[C@@H](O[C@@H]6O[C@H](CO)[C@@H](OC7O[C@@H](COC(=O)c8cccc(N(C)C)c8)[C@H](O)[C@H]7O)[C@H](O)[C@H]6OC6O[C@@H](C)[C@H](O)[C@@H](O)[C@H]6O)CC[C@]5(C)C4CC[C@]3(C)C1[C@@H]2C. The van der Waals surface area contributed by atoms with Gasteiger partial charge in [-0.05, 0) is 117 Å². The van der Waals surface area contributed by atoms with Gasteiger partial charge in [-0.15, -0.1) is 0 Å². The van der Waals surface area contributed by atoms with Gasteiger partial charge in [0.25, 0.3) is 0 Å². The van der Waals surface area contributed by atoms with Crippen LogP contribution in [0.4, 0.5) is 5.69 Å². The number of nitrogens with zero attached hydrogens (tertiary/aromatic N) is 1. The van der Waals surface area contributed by atoms with Gasteiger partial charge in [0.05, 0.1) is 37.1 Å². The number of fused-ring (bicyclic) bond motifs is 7. The molecule has 1 spiro atoms. The minimum absolute atomic E-state index is 0.0410. The highest BCUT2D eigenvalue weighted by atomic mass is 16.8. The Labute approximate surface area is 416 Å². The first-order valence-electron chi connectivity index (χ1n) is 26.3. The molecule has 0 bridgehead atoms. The summed E-state index contributed by atoms with van der Waals surface area (Å²) >= 11 is 0. The van der Waals surface area contributed by atoms with E-state index in [1.807, 2.05) is 25.1 Å². The molecule has 7 unspecified atom stereocenters. The molecule has 4 aliphatic carbocycles. The van der Waals surface area contributed by atoms with Crippen LogP contribution in [0.25, 0.3) is 0 Å². The number of hydrogen-bond donors (Lipinski definition) is 7. The van der Waals surface area contributed by atoms with Gasteiger partial charge in [-0.25, -0.2) is 4.79 Å². The zero-order valence-electron chi connectivity index (χ0n) is 42.2. The maximum absolute atomic E-state index is 13.0. The highest BCUT2D eigenvalue weighted by Crippen LogP contribution is 2.70. The Morgan fingerprint density at radius 1 is 0.789 bits per heavy atom. The lowest BCUT2D eigenvalue weighted by Gasteiger charge is -2.58. The summed E-state index contributed by atoms with van der Waals surface area (Å²) in [5, 5.41) is 77.3. The third kappa shape index (κ3) is 9.13. The minimum Gasteiger partial charge on any atom is -0.459 e. The standard InChI is InChI=1S/C53H79NO17/c1-25-13-18-53(64-23-25)26(2)38-35(71-53)21-34-32-12-11-29-20-31(14-16-51(29,4)33(32)15-17-52(34,38)5)66-50-46(70-48-43(60)41(58)39(56)27(3)65-48)44(61)45(36(22-55)67-50)69-49-42(59)40(57)37(68-49)24-63-47(62)28-9-8-10-30(19-28)54(6)7/h8-11,19,25-27,31-46,48-50,55-61H,12-18,20-24H2,1-7H3/t25-,26+,27+,31+,32?,33?,34?,35?,36-,37+,38?,39+,40+,41-,42-,43-,44+,45-,46-,48?,49?,50-,51+,52+,53-/m1/s1. The number of rotatable bonds is 11. The number of benzene rings is 1. The molecule has 71 heavy (non-hydrogen) atoms. The summed E-state index contributed by atoms with van der Waals surface area (Å²) < 4.78 is 56.3. The Morgan fingerprint density at radius 2 is 1.52 bits per heavy atom. The molecule has 5 aliphatic heterocycles. The summed E-state index contributed by atoms with van der Waals surface area (Å²) in [6.07, 6.45) is -9.78. The lowest BCUT2D eigenvalue weighted by atomic mass is 9.47. The first-order chi connectivity index (χ1) is 33.8. The molecule has 1 aromatic rings. The van der Waals surface area contributed by atoms with Crippen molar-refractivity contribution in [1.82, 2.24) is 0 Å². The Hall–Kier alpha value is -2.37. The van der Waals surface area contributed by atoms with E-state index in [-0.39, 0.29) is 28.6 Å². The van der Waals surface area contributed by atoms with E-state index < -0.39 is 111 Å². The third-order valence-electron chi connectivity index (χ3n) is 19.1. The molecule has 3 saturated carbocycles. The molecular formula is C53H79NO17. The second-order valence-electron chi connectivity index (χ2n) is 23.4. The summed E-state index contributed by atoms with van der Waals surface area (Å²) in [5.41, 5.74) is 2.53. The van der Waals surface area contributed by atoms with E-state index in [0.29, 0.717) is 48.3 Å². The second-order valence-corrected chi connectivity index (χ2v) is 23.4. The smallest absolute Gasteiger partial charge is 0.338 e. The first-order valence-corrected chi connectivity index (χ1v) is 26.3. The molecule has 10 rings (SSSR count). The fraction of sp³-hybridized carbons (Fsp3) is 0.830. The average molecular weight is 1000 g/mol. The lowest BCUT2D eigenvalue weighted by molar-refractivity contribution is -0.380. The van der Waals surface area contributed by atoms with E-state index in [0.717, 1.165) is 57.2 Å². The number of carbonyl (C=O) groups is 1. The van der Waals surface area contributed by atoms with Gasteiger partial charge in [-0.2, -0.15) is 0 Å². The monoisotopic (exact) mass is 1000 g/mol. The molecule has 1 aromatic carbocycles. The molecule has 9 aliphatic rings. The Morgan fingerprint density at radius 3 is 2.25 bits per heavy atom. The number of carbonyl (C=O) groups excluding carboxylic acids is 1. The quantitative estimate of drug-likeness (QED) is 0.125. The van der Waals surface area contributed by atoms with Crippen LogP contribution in [0.1, 0.15) is 103 Å². The zero-order valence-corrected chi connectivity index (χ0v) is 42.2. The molecule has 5 saturated heterocycles. The van der Waals surface area contributed by atoms with Gasteiger partial charge in [0.2, 0.25) is 0 Å². The number of hydrogen-bond acceptors (Lipinski definition) is 18. The van der Waals surface area contributed by atoms with Crippen LogP contribution in [0.15, 0.2) is 35.9 Å².